The van der Waals surface area contributed by atoms with Crippen molar-refractivity contribution in [3.63, 3.8) is 0 Å². The van der Waals surface area contributed by atoms with Crippen LogP contribution in [-0.2, 0) is 25.7 Å². The van der Waals surface area contributed by atoms with Crippen LogP contribution in [0.2, 0.25) is 0 Å². The first-order valence-corrected chi connectivity index (χ1v) is 11.0. The number of hydrogen-bond acceptors (Lipinski definition) is 9. The van der Waals surface area contributed by atoms with Gasteiger partial charge < -0.3 is 31.6 Å². The van der Waals surface area contributed by atoms with Crippen LogP contribution in [0.4, 0.5) is 4.79 Å². The third-order valence-corrected chi connectivity index (χ3v) is 4.70. The number of carbonyl (C=O) groups excluding carboxylic acids is 3. The lowest BCUT2D eigenvalue weighted by atomic mass is 10.1. The van der Waals surface area contributed by atoms with Gasteiger partial charge in [0.05, 0.1) is 13.2 Å². The van der Waals surface area contributed by atoms with Crippen molar-refractivity contribution in [2.24, 2.45) is 16.5 Å². The summed E-state index contributed by atoms with van der Waals surface area (Å²) in [7, 11) is 1.19. The number of carbonyl (C=O) groups is 3. The van der Waals surface area contributed by atoms with Crippen LogP contribution in [0.3, 0.4) is 0 Å². The van der Waals surface area contributed by atoms with Crippen LogP contribution in [0.15, 0.2) is 35.3 Å². The van der Waals surface area contributed by atoms with E-state index >= 15 is 0 Å². The maximum Gasteiger partial charge on any atom is 0.407 e. The molecule has 0 saturated heterocycles. The summed E-state index contributed by atoms with van der Waals surface area (Å²) in [5, 5.41) is 14.6. The Hall–Kier alpha value is -3.94. The Morgan fingerprint density at radius 1 is 1.14 bits per heavy atom. The maximum atomic E-state index is 12.4. The molecule has 0 saturated carbocycles. The monoisotopic (exact) mass is 495 g/mol. The smallest absolute Gasteiger partial charge is 0.407 e. The number of methoxy groups -OCH3 is 1. The fourth-order valence-corrected chi connectivity index (χ4v) is 2.88. The molecule has 2 atom stereocenters. The summed E-state index contributed by atoms with van der Waals surface area (Å²) < 4.78 is 9.81. The Morgan fingerprint density at radius 3 is 2.51 bits per heavy atom. The van der Waals surface area contributed by atoms with Crippen molar-refractivity contribution in [1.29, 1.82) is 0 Å². The summed E-state index contributed by atoms with van der Waals surface area (Å²) in [5.41, 5.74) is 13.8. The molecule has 14 heteroatoms. The number of nitrogens with two attached hydrogens (primary N) is 2. The standard InChI is InChI=1S/C21H33N7O7/c1-34-19(30)17(11-7-13-24-20(23)27-28(32)33)26-18(29)16(22)10-5-6-12-25-21(31)35-14-15-8-3-2-4-9-15/h2-4,8-9,16-17H,5-7,10-14,22H2,1H3,(H,25,31)(H,26,29)(H3,23,24,27)/t16-,17+/m1/s1. The molecular formula is C21H33N7O7. The summed E-state index contributed by atoms with van der Waals surface area (Å²) in [6.07, 6.45) is 1.44. The average Bonchev–Trinajstić information content (AvgIpc) is 2.83. The number of unbranched alkanes of at least 4 members (excludes halogenated alkanes) is 1. The molecule has 0 aliphatic rings. The number of rotatable bonds is 15. The van der Waals surface area contributed by atoms with Crippen molar-refractivity contribution in [3.05, 3.63) is 46.0 Å². The number of amides is 2. The van der Waals surface area contributed by atoms with Gasteiger partial charge >= 0.3 is 12.1 Å². The molecule has 14 nitrogen and oxygen atoms in total. The second-order valence-electron chi connectivity index (χ2n) is 7.45. The lowest BCUT2D eigenvalue weighted by molar-refractivity contribution is -0.525. The van der Waals surface area contributed by atoms with Crippen molar-refractivity contribution in [2.75, 3.05) is 20.2 Å². The minimum Gasteiger partial charge on any atom is -0.467 e. The quantitative estimate of drug-likeness (QED) is 0.0546. The first-order valence-electron chi connectivity index (χ1n) is 11.0. The molecule has 194 valence electrons. The molecule has 0 aliphatic carbocycles. The fourth-order valence-electron chi connectivity index (χ4n) is 2.88. The van der Waals surface area contributed by atoms with Crippen LogP contribution < -0.4 is 27.5 Å². The highest BCUT2D eigenvalue weighted by molar-refractivity contribution is 5.87. The van der Waals surface area contributed by atoms with Crippen molar-refractivity contribution in [2.45, 2.75) is 50.8 Å². The van der Waals surface area contributed by atoms with Gasteiger partial charge in [0, 0.05) is 13.1 Å². The zero-order chi connectivity index (χ0) is 26.1. The molecule has 0 aliphatic heterocycles. The number of nitro groups is 1. The molecule has 0 unspecified atom stereocenters. The number of nitrogens with zero attached hydrogens (tertiary/aromatic N) is 2. The molecule has 35 heavy (non-hydrogen) atoms. The second kappa shape index (κ2) is 16.6. The van der Waals surface area contributed by atoms with Crippen LogP contribution in [0.5, 0.6) is 0 Å². The highest BCUT2D eigenvalue weighted by Crippen LogP contribution is 2.04. The Labute approximate surface area is 202 Å². The fraction of sp³-hybridized carbons (Fsp3) is 0.524. The normalized spacial score (nSPS) is 12.7. The third-order valence-electron chi connectivity index (χ3n) is 4.70. The van der Waals surface area contributed by atoms with Gasteiger partial charge in [-0.1, -0.05) is 35.8 Å². The first-order chi connectivity index (χ1) is 16.7. The number of aliphatic imine (C=N–C) groups is 1. The van der Waals surface area contributed by atoms with Crippen LogP contribution in [-0.4, -0.2) is 61.2 Å². The molecule has 0 heterocycles. The van der Waals surface area contributed by atoms with E-state index in [1.807, 2.05) is 30.3 Å². The molecule has 1 rings (SSSR count). The maximum absolute atomic E-state index is 12.4. The molecule has 7 N–H and O–H groups in total. The van der Waals surface area contributed by atoms with E-state index in [-0.39, 0.29) is 25.5 Å². The Kier molecular flexibility index (Phi) is 13.8. The van der Waals surface area contributed by atoms with E-state index in [4.69, 9.17) is 20.9 Å². The Bertz CT molecular complexity index is 852. The van der Waals surface area contributed by atoms with Crippen LogP contribution in [0.1, 0.15) is 37.7 Å². The molecule has 2 amide bonds. The van der Waals surface area contributed by atoms with Gasteiger partial charge in [0.2, 0.25) is 5.91 Å². The topological polar surface area (TPSA) is 213 Å². The van der Waals surface area contributed by atoms with Crippen LogP contribution in [0, 0.1) is 10.1 Å². The van der Waals surface area contributed by atoms with E-state index in [1.54, 1.807) is 5.43 Å². The molecule has 0 fully saturated rings. The van der Waals surface area contributed by atoms with Crippen molar-refractivity contribution in [3.8, 4) is 0 Å². The van der Waals surface area contributed by atoms with Gasteiger partial charge in [-0.15, -0.1) is 0 Å². The predicted molar refractivity (Wildman–Crippen MR) is 126 cm³/mol. The van der Waals surface area contributed by atoms with Gasteiger partial charge in [0.25, 0.3) is 5.96 Å². The van der Waals surface area contributed by atoms with E-state index < -0.39 is 35.1 Å². The first kappa shape index (κ1) is 29.1. The van der Waals surface area contributed by atoms with E-state index in [0.29, 0.717) is 32.2 Å². The van der Waals surface area contributed by atoms with E-state index in [9.17, 15) is 24.5 Å². The van der Waals surface area contributed by atoms with Gasteiger partial charge in [-0.25, -0.2) is 24.7 Å². The number of hydrazine groups is 1. The zero-order valence-electron chi connectivity index (χ0n) is 19.6. The Balaban J connectivity index is 2.28. The summed E-state index contributed by atoms with van der Waals surface area (Å²) in [6.45, 7) is 0.638. The summed E-state index contributed by atoms with van der Waals surface area (Å²) in [4.78, 5) is 50.0. The van der Waals surface area contributed by atoms with Crippen LogP contribution in [0.25, 0.3) is 0 Å². The zero-order valence-corrected chi connectivity index (χ0v) is 19.6. The number of nitrogens with one attached hydrogen (secondary N) is 3. The molecule has 0 aromatic heterocycles. The van der Waals surface area contributed by atoms with Gasteiger partial charge in [-0.05, 0) is 37.7 Å². The number of alkyl carbamates (subject to hydrolysis) is 1. The molecular weight excluding hydrogens is 462 g/mol. The van der Waals surface area contributed by atoms with Gasteiger partial charge in [0.1, 0.15) is 12.6 Å². The number of guanidine groups is 1. The molecule has 1 aromatic rings. The van der Waals surface area contributed by atoms with Crippen molar-refractivity contribution in [1.82, 2.24) is 16.1 Å². The molecule has 0 bridgehead atoms. The lowest BCUT2D eigenvalue weighted by Crippen LogP contribution is -2.48. The van der Waals surface area contributed by atoms with E-state index in [0.717, 1.165) is 5.56 Å². The predicted octanol–water partition coefficient (Wildman–Crippen LogP) is -0.0556. The molecule has 0 spiro atoms. The van der Waals surface area contributed by atoms with Gasteiger partial charge in [-0.3, -0.25) is 4.79 Å². The SMILES string of the molecule is COC(=O)[C@H](CCCN=C(N)N[N+](=O)[O-])NC(=O)[C@H](N)CCCCNC(=O)OCc1ccccc1. The molecule has 0 radical (unpaired) electrons. The summed E-state index contributed by atoms with van der Waals surface area (Å²) in [5.74, 6) is -1.53. The summed E-state index contributed by atoms with van der Waals surface area (Å²) >= 11 is 0. The minimum absolute atomic E-state index is 0.100. The van der Waals surface area contributed by atoms with Gasteiger partial charge in [0.15, 0.2) is 5.03 Å². The van der Waals surface area contributed by atoms with E-state index in [2.05, 4.69) is 15.6 Å². The number of ether oxygens (including phenoxy) is 2. The third kappa shape index (κ3) is 13.4. The lowest BCUT2D eigenvalue weighted by Gasteiger charge is -2.19. The number of hydrogen-bond donors (Lipinski definition) is 5. The number of benzene rings is 1. The average molecular weight is 496 g/mol. The summed E-state index contributed by atoms with van der Waals surface area (Å²) in [6, 6.07) is 7.49. The highest BCUT2D eigenvalue weighted by atomic mass is 16.7. The van der Waals surface area contributed by atoms with Crippen molar-refractivity contribution >= 4 is 23.9 Å². The van der Waals surface area contributed by atoms with Gasteiger partial charge in [-0.2, -0.15) is 0 Å². The largest absolute Gasteiger partial charge is 0.467 e. The van der Waals surface area contributed by atoms with E-state index in [1.165, 1.54) is 7.11 Å². The second-order valence-corrected chi connectivity index (χ2v) is 7.45. The number of esters is 1. The van der Waals surface area contributed by atoms with Crippen LogP contribution >= 0.6 is 0 Å². The van der Waals surface area contributed by atoms with Crippen molar-refractivity contribution < 1.29 is 28.9 Å². The minimum atomic E-state index is -0.945. The highest BCUT2D eigenvalue weighted by Gasteiger charge is 2.24. The molecule has 1 aromatic carbocycles. The Morgan fingerprint density at radius 2 is 1.86 bits per heavy atom.